The van der Waals surface area contributed by atoms with Crippen LogP contribution in [-0.2, 0) is 11.3 Å². The molecule has 2 aromatic carbocycles. The number of halogens is 1. The number of aromatic nitrogens is 3. The van der Waals surface area contributed by atoms with Gasteiger partial charge >= 0.3 is 0 Å². The van der Waals surface area contributed by atoms with E-state index in [0.29, 0.717) is 33.8 Å². The fraction of sp³-hybridized carbons (Fsp3) is 0.143. The number of amides is 1. The van der Waals surface area contributed by atoms with Gasteiger partial charge in [0.1, 0.15) is 0 Å². The molecule has 0 radical (unpaired) electrons. The van der Waals surface area contributed by atoms with Crippen LogP contribution in [0.2, 0.25) is 5.02 Å². The van der Waals surface area contributed by atoms with Crippen LogP contribution in [0.5, 0.6) is 0 Å². The van der Waals surface area contributed by atoms with Crippen molar-refractivity contribution in [3.8, 4) is 11.4 Å². The first-order valence-electron chi connectivity index (χ1n) is 8.81. The van der Waals surface area contributed by atoms with Crippen LogP contribution < -0.4 is 5.32 Å². The molecule has 1 heterocycles. The highest BCUT2D eigenvalue weighted by Gasteiger charge is 2.15. The molecule has 0 aliphatic rings. The van der Waals surface area contributed by atoms with Crippen molar-refractivity contribution in [1.29, 1.82) is 0 Å². The largest absolute Gasteiger partial charge is 0.325 e. The Bertz CT molecular complexity index is 1050. The van der Waals surface area contributed by atoms with E-state index in [0.717, 1.165) is 5.56 Å². The van der Waals surface area contributed by atoms with E-state index in [1.54, 1.807) is 36.4 Å². The lowest BCUT2D eigenvalue weighted by atomic mass is 10.1. The number of Topliss-reactive ketones (excluding diaryl/α,β-unsaturated/α-hetero) is 1. The van der Waals surface area contributed by atoms with Crippen LogP contribution in [0.4, 0.5) is 5.69 Å². The van der Waals surface area contributed by atoms with Gasteiger partial charge in [-0.15, -0.1) is 16.8 Å². The van der Waals surface area contributed by atoms with E-state index in [1.807, 2.05) is 22.8 Å². The lowest BCUT2D eigenvalue weighted by Crippen LogP contribution is -2.14. The Labute approximate surface area is 178 Å². The molecule has 0 atom stereocenters. The summed E-state index contributed by atoms with van der Waals surface area (Å²) in [6.07, 6.45) is 1.75. The van der Waals surface area contributed by atoms with Crippen LogP contribution in [0.1, 0.15) is 17.3 Å². The molecule has 1 N–H and O–H groups in total. The summed E-state index contributed by atoms with van der Waals surface area (Å²) in [7, 11) is 0. The fourth-order valence-electron chi connectivity index (χ4n) is 2.65. The Morgan fingerprint density at radius 2 is 1.97 bits per heavy atom. The van der Waals surface area contributed by atoms with E-state index in [2.05, 4.69) is 22.1 Å². The zero-order chi connectivity index (χ0) is 20.8. The van der Waals surface area contributed by atoms with Gasteiger partial charge in [0.25, 0.3) is 0 Å². The second-order valence-electron chi connectivity index (χ2n) is 6.19. The van der Waals surface area contributed by atoms with E-state index in [1.165, 1.54) is 18.7 Å². The first-order chi connectivity index (χ1) is 14.0. The lowest BCUT2D eigenvalue weighted by molar-refractivity contribution is -0.113. The molecular formula is C21H19ClN4O2S. The quantitative estimate of drug-likeness (QED) is 0.320. The average Bonchev–Trinajstić information content (AvgIpc) is 3.10. The molecule has 0 saturated carbocycles. The highest BCUT2D eigenvalue weighted by molar-refractivity contribution is 7.99. The second-order valence-corrected chi connectivity index (χ2v) is 7.57. The van der Waals surface area contributed by atoms with Crippen molar-refractivity contribution < 1.29 is 9.59 Å². The molecule has 1 amide bonds. The highest BCUT2D eigenvalue weighted by atomic mass is 35.5. The molecule has 0 fully saturated rings. The van der Waals surface area contributed by atoms with E-state index in [9.17, 15) is 9.59 Å². The summed E-state index contributed by atoms with van der Waals surface area (Å²) in [5.74, 6) is 0.632. The minimum absolute atomic E-state index is 0.0181. The molecule has 0 aliphatic carbocycles. The van der Waals surface area contributed by atoms with Crippen LogP contribution in [0.15, 0.2) is 66.3 Å². The molecule has 0 saturated heterocycles. The highest BCUT2D eigenvalue weighted by Crippen LogP contribution is 2.26. The van der Waals surface area contributed by atoms with E-state index in [-0.39, 0.29) is 17.4 Å². The summed E-state index contributed by atoms with van der Waals surface area (Å²) in [5, 5.41) is 12.5. The molecule has 3 aromatic rings. The third-order valence-corrected chi connectivity index (χ3v) is 5.22. The van der Waals surface area contributed by atoms with Crippen molar-refractivity contribution >= 4 is 40.7 Å². The molecule has 148 valence electrons. The molecule has 0 aliphatic heterocycles. The van der Waals surface area contributed by atoms with Crippen LogP contribution in [0.3, 0.4) is 0 Å². The van der Waals surface area contributed by atoms with Gasteiger partial charge in [-0.05, 0) is 43.3 Å². The maximum absolute atomic E-state index is 12.3. The monoisotopic (exact) mass is 426 g/mol. The van der Waals surface area contributed by atoms with Crippen LogP contribution in [0, 0.1) is 0 Å². The first-order valence-corrected chi connectivity index (χ1v) is 10.2. The number of ketones is 1. The molecular weight excluding hydrogens is 408 g/mol. The van der Waals surface area contributed by atoms with Crippen molar-refractivity contribution in [2.24, 2.45) is 0 Å². The minimum Gasteiger partial charge on any atom is -0.325 e. The normalized spacial score (nSPS) is 10.6. The standard InChI is InChI=1S/C21H19ClN4O2S/c1-3-11-26-20(16-5-4-6-17(22)12-16)24-25-21(26)29-13-19(28)23-18-9-7-15(8-10-18)14(2)27/h3-10,12H,1,11,13H2,2H3,(H,23,28). The number of anilines is 1. The topological polar surface area (TPSA) is 76.9 Å². The van der Waals surface area contributed by atoms with Gasteiger partial charge in [-0.3, -0.25) is 14.2 Å². The predicted molar refractivity (Wildman–Crippen MR) is 116 cm³/mol. The summed E-state index contributed by atoms with van der Waals surface area (Å²) < 4.78 is 1.89. The Balaban J connectivity index is 1.69. The second kappa shape index (κ2) is 9.54. The first kappa shape index (κ1) is 20.8. The van der Waals surface area contributed by atoms with Crippen LogP contribution in [0.25, 0.3) is 11.4 Å². The number of nitrogens with one attached hydrogen (secondary N) is 1. The number of carbonyl (C=O) groups excluding carboxylic acids is 2. The molecule has 3 rings (SSSR count). The summed E-state index contributed by atoms with van der Waals surface area (Å²) >= 11 is 7.37. The Morgan fingerprint density at radius 3 is 2.62 bits per heavy atom. The lowest BCUT2D eigenvalue weighted by Gasteiger charge is -2.08. The Hall–Kier alpha value is -2.90. The number of benzene rings is 2. The predicted octanol–water partition coefficient (Wildman–Crippen LogP) is 4.72. The molecule has 8 heteroatoms. The van der Waals surface area contributed by atoms with E-state index >= 15 is 0 Å². The smallest absolute Gasteiger partial charge is 0.234 e. The molecule has 29 heavy (non-hydrogen) atoms. The maximum Gasteiger partial charge on any atom is 0.234 e. The number of carbonyl (C=O) groups is 2. The summed E-state index contributed by atoms with van der Waals surface area (Å²) in [6, 6.07) is 14.1. The fourth-order valence-corrected chi connectivity index (χ4v) is 3.58. The van der Waals surface area contributed by atoms with Gasteiger partial charge in [-0.2, -0.15) is 0 Å². The third-order valence-electron chi connectivity index (χ3n) is 4.02. The van der Waals surface area contributed by atoms with Gasteiger partial charge < -0.3 is 5.32 Å². The van der Waals surface area contributed by atoms with Crippen molar-refractivity contribution in [2.45, 2.75) is 18.6 Å². The number of rotatable bonds is 8. The molecule has 0 spiro atoms. The number of hydrogen-bond acceptors (Lipinski definition) is 5. The zero-order valence-electron chi connectivity index (χ0n) is 15.8. The number of allylic oxidation sites excluding steroid dienone is 1. The van der Waals surface area contributed by atoms with Gasteiger partial charge in [-0.1, -0.05) is 41.6 Å². The number of nitrogens with zero attached hydrogens (tertiary/aromatic N) is 3. The Kier molecular flexibility index (Phi) is 6.85. The average molecular weight is 427 g/mol. The van der Waals surface area contributed by atoms with Crippen molar-refractivity contribution in [2.75, 3.05) is 11.1 Å². The molecule has 0 unspecified atom stereocenters. The van der Waals surface area contributed by atoms with Crippen molar-refractivity contribution in [3.63, 3.8) is 0 Å². The van der Waals surface area contributed by atoms with Gasteiger partial charge in [0.15, 0.2) is 16.8 Å². The van der Waals surface area contributed by atoms with Crippen molar-refractivity contribution in [3.05, 3.63) is 71.8 Å². The summed E-state index contributed by atoms with van der Waals surface area (Å²) in [5.41, 5.74) is 2.07. The van der Waals surface area contributed by atoms with Crippen LogP contribution >= 0.6 is 23.4 Å². The molecule has 0 bridgehead atoms. The van der Waals surface area contributed by atoms with Gasteiger partial charge in [0, 0.05) is 28.4 Å². The number of hydrogen-bond donors (Lipinski definition) is 1. The van der Waals surface area contributed by atoms with Gasteiger partial charge in [0.2, 0.25) is 5.91 Å². The summed E-state index contributed by atoms with van der Waals surface area (Å²) in [6.45, 7) is 5.79. The minimum atomic E-state index is -0.178. The van der Waals surface area contributed by atoms with Gasteiger partial charge in [0.05, 0.1) is 5.75 Å². The Morgan fingerprint density at radius 1 is 1.21 bits per heavy atom. The summed E-state index contributed by atoms with van der Waals surface area (Å²) in [4.78, 5) is 23.6. The third kappa shape index (κ3) is 5.34. The van der Waals surface area contributed by atoms with Gasteiger partial charge in [-0.25, -0.2) is 0 Å². The zero-order valence-corrected chi connectivity index (χ0v) is 17.3. The van der Waals surface area contributed by atoms with Crippen molar-refractivity contribution in [1.82, 2.24) is 14.8 Å². The van der Waals surface area contributed by atoms with E-state index in [4.69, 9.17) is 11.6 Å². The maximum atomic E-state index is 12.3. The van der Waals surface area contributed by atoms with E-state index < -0.39 is 0 Å². The van der Waals surface area contributed by atoms with Crippen LogP contribution in [-0.4, -0.2) is 32.2 Å². The molecule has 1 aromatic heterocycles. The SMILES string of the molecule is C=CCn1c(SCC(=O)Nc2ccc(C(C)=O)cc2)nnc1-c1cccc(Cl)c1. The number of thioether (sulfide) groups is 1. The molecule has 6 nitrogen and oxygen atoms in total.